The van der Waals surface area contributed by atoms with E-state index in [0.717, 1.165) is 0 Å². The number of pyridine rings is 1. The molecule has 0 unspecified atom stereocenters. The molecular formula is C10H10N2. The highest BCUT2D eigenvalue weighted by Gasteiger charge is 1.93. The van der Waals surface area contributed by atoms with Crippen molar-refractivity contribution in [3.05, 3.63) is 49.8 Å². The van der Waals surface area contributed by atoms with Gasteiger partial charge in [0, 0.05) is 6.20 Å². The average molecular weight is 158 g/mol. The average Bonchev–Trinajstić information content (AvgIpc) is 2.21. The van der Waals surface area contributed by atoms with E-state index in [4.69, 9.17) is 5.26 Å². The Kier molecular flexibility index (Phi) is 4.95. The van der Waals surface area contributed by atoms with Gasteiger partial charge in [0.1, 0.15) is 6.07 Å². The summed E-state index contributed by atoms with van der Waals surface area (Å²) in [5.74, 6) is 0. The predicted octanol–water partition coefficient (Wildman–Crippen LogP) is 2.42. The Hall–Kier alpha value is -1.88. The summed E-state index contributed by atoms with van der Waals surface area (Å²) in [6.45, 7) is 9.52. The largest absolute Gasteiger partial charge is 0.256 e. The van der Waals surface area contributed by atoms with Crippen LogP contribution in [0.3, 0.4) is 0 Å². The van der Waals surface area contributed by atoms with Crippen molar-refractivity contribution in [3.8, 4) is 6.07 Å². The van der Waals surface area contributed by atoms with Crippen LogP contribution in [0.4, 0.5) is 0 Å². The summed E-state index contributed by atoms with van der Waals surface area (Å²) in [6.07, 6.45) is 1.64. The highest BCUT2D eigenvalue weighted by atomic mass is 14.7. The van der Waals surface area contributed by atoms with Crippen LogP contribution < -0.4 is 0 Å². The molecule has 1 rings (SSSR count). The Balaban J connectivity index is 0.000000561. The van der Waals surface area contributed by atoms with E-state index in [2.05, 4.69) is 24.7 Å². The fourth-order valence-electron chi connectivity index (χ4n) is 0.599. The molecule has 60 valence electrons. The standard InChI is InChI=1S/C8H6N2.C2H4/c1-7(6-9)8-4-2-3-5-10-8;1-2/h2-5H,1H2;1-2H2. The lowest BCUT2D eigenvalue weighted by atomic mass is 10.2. The molecule has 1 aromatic rings. The molecule has 1 heterocycles. The minimum absolute atomic E-state index is 0.403. The fourth-order valence-corrected chi connectivity index (χ4v) is 0.599. The third-order valence-electron chi connectivity index (χ3n) is 1.11. The number of hydrogen-bond acceptors (Lipinski definition) is 2. The normalized spacial score (nSPS) is 7.25. The van der Waals surface area contributed by atoms with Crippen molar-refractivity contribution in [2.45, 2.75) is 0 Å². The zero-order chi connectivity index (χ0) is 9.40. The molecule has 0 bridgehead atoms. The summed E-state index contributed by atoms with van der Waals surface area (Å²) in [4.78, 5) is 3.93. The first-order chi connectivity index (χ1) is 5.84. The molecule has 1 aromatic heterocycles. The van der Waals surface area contributed by atoms with E-state index < -0.39 is 0 Å². The molecule has 0 amide bonds. The molecule has 0 aliphatic carbocycles. The number of aromatic nitrogens is 1. The van der Waals surface area contributed by atoms with Crippen molar-refractivity contribution in [1.82, 2.24) is 4.98 Å². The van der Waals surface area contributed by atoms with Gasteiger partial charge in [-0.25, -0.2) is 0 Å². The Morgan fingerprint density at radius 3 is 2.50 bits per heavy atom. The Bertz CT molecular complexity index is 282. The molecule has 0 aliphatic rings. The summed E-state index contributed by atoms with van der Waals surface area (Å²) in [6, 6.07) is 7.30. The molecule has 0 saturated carbocycles. The van der Waals surface area contributed by atoms with E-state index in [1.807, 2.05) is 12.1 Å². The van der Waals surface area contributed by atoms with Crippen molar-refractivity contribution in [1.29, 1.82) is 5.26 Å². The van der Waals surface area contributed by atoms with Gasteiger partial charge >= 0.3 is 0 Å². The maximum atomic E-state index is 8.40. The van der Waals surface area contributed by atoms with Crippen LogP contribution in [0.5, 0.6) is 0 Å². The van der Waals surface area contributed by atoms with Crippen LogP contribution in [-0.2, 0) is 0 Å². The SMILES string of the molecule is C=C.C=C(C#N)c1ccccn1. The van der Waals surface area contributed by atoms with Crippen molar-refractivity contribution in [3.63, 3.8) is 0 Å². The molecule has 2 heteroatoms. The minimum atomic E-state index is 0.403. The summed E-state index contributed by atoms with van der Waals surface area (Å²) in [7, 11) is 0. The summed E-state index contributed by atoms with van der Waals surface area (Å²) in [5, 5.41) is 8.40. The lowest BCUT2D eigenvalue weighted by molar-refractivity contribution is 1.28. The molecule has 2 nitrogen and oxygen atoms in total. The minimum Gasteiger partial charge on any atom is -0.256 e. The molecule has 0 atom stereocenters. The zero-order valence-electron chi connectivity index (χ0n) is 6.83. The molecular weight excluding hydrogens is 148 g/mol. The van der Waals surface area contributed by atoms with E-state index in [9.17, 15) is 0 Å². The number of hydrogen-bond donors (Lipinski definition) is 0. The van der Waals surface area contributed by atoms with Crippen molar-refractivity contribution >= 4 is 5.57 Å². The first kappa shape index (κ1) is 10.1. The van der Waals surface area contributed by atoms with Crippen LogP contribution in [0.1, 0.15) is 5.69 Å². The quantitative estimate of drug-likeness (QED) is 0.465. The van der Waals surface area contributed by atoms with Crippen LogP contribution in [0, 0.1) is 11.3 Å². The van der Waals surface area contributed by atoms with Gasteiger partial charge in [-0.15, -0.1) is 13.2 Å². The smallest absolute Gasteiger partial charge is 0.101 e. The van der Waals surface area contributed by atoms with Crippen LogP contribution in [0.2, 0.25) is 0 Å². The van der Waals surface area contributed by atoms with E-state index >= 15 is 0 Å². The van der Waals surface area contributed by atoms with Crippen molar-refractivity contribution in [2.24, 2.45) is 0 Å². The number of allylic oxidation sites excluding steroid dienone is 1. The molecule has 0 N–H and O–H groups in total. The van der Waals surface area contributed by atoms with Gasteiger partial charge < -0.3 is 0 Å². The maximum Gasteiger partial charge on any atom is 0.101 e. The van der Waals surface area contributed by atoms with Gasteiger partial charge in [-0.3, -0.25) is 4.98 Å². The van der Waals surface area contributed by atoms with Crippen LogP contribution in [-0.4, -0.2) is 4.98 Å². The fraction of sp³-hybridized carbons (Fsp3) is 0. The van der Waals surface area contributed by atoms with Crippen LogP contribution in [0.15, 0.2) is 44.1 Å². The van der Waals surface area contributed by atoms with Gasteiger partial charge in [-0.1, -0.05) is 12.6 Å². The van der Waals surface area contributed by atoms with Crippen molar-refractivity contribution < 1.29 is 0 Å². The molecule has 0 radical (unpaired) electrons. The topological polar surface area (TPSA) is 36.7 Å². The molecule has 0 aromatic carbocycles. The number of nitriles is 1. The van der Waals surface area contributed by atoms with Gasteiger partial charge in [0.05, 0.1) is 11.3 Å². The lowest BCUT2D eigenvalue weighted by Crippen LogP contribution is -1.82. The first-order valence-corrected chi connectivity index (χ1v) is 3.35. The third-order valence-corrected chi connectivity index (χ3v) is 1.11. The van der Waals surface area contributed by atoms with Crippen LogP contribution >= 0.6 is 0 Å². The Morgan fingerprint density at radius 2 is 2.08 bits per heavy atom. The van der Waals surface area contributed by atoms with Gasteiger partial charge in [0.15, 0.2) is 0 Å². The maximum absolute atomic E-state index is 8.40. The zero-order valence-corrected chi connectivity index (χ0v) is 6.83. The predicted molar refractivity (Wildman–Crippen MR) is 50.1 cm³/mol. The second kappa shape index (κ2) is 5.87. The van der Waals surface area contributed by atoms with Gasteiger partial charge in [0.25, 0.3) is 0 Å². The van der Waals surface area contributed by atoms with Gasteiger partial charge in [-0.05, 0) is 12.1 Å². The molecule has 0 saturated heterocycles. The van der Waals surface area contributed by atoms with Crippen LogP contribution in [0.25, 0.3) is 5.57 Å². The van der Waals surface area contributed by atoms with E-state index in [1.54, 1.807) is 18.3 Å². The highest BCUT2D eigenvalue weighted by molar-refractivity contribution is 5.71. The summed E-state index contributed by atoms with van der Waals surface area (Å²) < 4.78 is 0. The Labute approximate surface area is 72.5 Å². The highest BCUT2D eigenvalue weighted by Crippen LogP contribution is 2.04. The van der Waals surface area contributed by atoms with E-state index in [1.165, 1.54) is 0 Å². The molecule has 0 aliphatic heterocycles. The molecule has 12 heavy (non-hydrogen) atoms. The second-order valence-corrected chi connectivity index (χ2v) is 1.81. The Morgan fingerprint density at radius 1 is 1.42 bits per heavy atom. The number of nitrogens with zero attached hydrogens (tertiary/aromatic N) is 2. The summed E-state index contributed by atoms with van der Waals surface area (Å²) >= 11 is 0. The number of rotatable bonds is 1. The van der Waals surface area contributed by atoms with Gasteiger partial charge in [-0.2, -0.15) is 5.26 Å². The molecule has 0 fully saturated rings. The first-order valence-electron chi connectivity index (χ1n) is 3.35. The second-order valence-electron chi connectivity index (χ2n) is 1.81. The monoisotopic (exact) mass is 158 g/mol. The molecule has 0 spiro atoms. The third kappa shape index (κ3) is 2.80. The lowest BCUT2D eigenvalue weighted by Gasteiger charge is -1.91. The van der Waals surface area contributed by atoms with Gasteiger partial charge in [0.2, 0.25) is 0 Å². The van der Waals surface area contributed by atoms with Crippen molar-refractivity contribution in [2.75, 3.05) is 0 Å². The van der Waals surface area contributed by atoms with E-state index in [0.29, 0.717) is 11.3 Å². The summed E-state index contributed by atoms with van der Waals surface area (Å²) in [5.41, 5.74) is 1.05. The van der Waals surface area contributed by atoms with E-state index in [-0.39, 0.29) is 0 Å².